The van der Waals surface area contributed by atoms with Crippen LogP contribution in [0.1, 0.15) is 110 Å². The van der Waals surface area contributed by atoms with Crippen molar-refractivity contribution in [2.45, 2.75) is 110 Å². The van der Waals surface area contributed by atoms with E-state index in [9.17, 15) is 9.59 Å². The molecule has 0 saturated carbocycles. The molecule has 0 unspecified atom stereocenters. The van der Waals surface area contributed by atoms with Crippen molar-refractivity contribution in [3.05, 3.63) is 12.2 Å². The minimum atomic E-state index is -0.114. The van der Waals surface area contributed by atoms with Crippen molar-refractivity contribution in [3.8, 4) is 0 Å². The Morgan fingerprint density at radius 2 is 1.15 bits per heavy atom. The summed E-state index contributed by atoms with van der Waals surface area (Å²) in [6.45, 7) is 5.09. The third kappa shape index (κ3) is 20.8. The van der Waals surface area contributed by atoms with Crippen molar-refractivity contribution in [1.29, 1.82) is 0 Å². The lowest BCUT2D eigenvalue weighted by atomic mass is 10.1. The van der Waals surface area contributed by atoms with Gasteiger partial charge in [-0.2, -0.15) is 0 Å². The molecule has 0 aromatic heterocycles. The number of hydrogen-bond acceptors (Lipinski definition) is 4. The molecule has 158 valence electrons. The van der Waals surface area contributed by atoms with Gasteiger partial charge in [0.2, 0.25) is 0 Å². The van der Waals surface area contributed by atoms with Crippen LogP contribution in [0, 0.1) is 0 Å². The summed E-state index contributed by atoms with van der Waals surface area (Å²) in [6, 6.07) is 0. The van der Waals surface area contributed by atoms with Crippen molar-refractivity contribution in [3.63, 3.8) is 0 Å². The molecule has 0 aliphatic rings. The first kappa shape index (κ1) is 25.7. The second-order valence-electron chi connectivity index (χ2n) is 7.22. The van der Waals surface area contributed by atoms with Crippen molar-refractivity contribution < 1.29 is 19.1 Å². The van der Waals surface area contributed by atoms with Crippen LogP contribution in [0.4, 0.5) is 0 Å². The molecule has 0 amide bonds. The third-order valence-corrected chi connectivity index (χ3v) is 4.60. The maximum absolute atomic E-state index is 11.7. The molecule has 0 aliphatic heterocycles. The monoisotopic (exact) mass is 382 g/mol. The Kier molecular flexibility index (Phi) is 20.0. The molecule has 0 spiro atoms. The summed E-state index contributed by atoms with van der Waals surface area (Å²) < 4.78 is 10.3. The highest BCUT2D eigenvalue weighted by Crippen LogP contribution is 2.10. The summed E-state index contributed by atoms with van der Waals surface area (Å²) in [5.74, 6) is -0.165. The topological polar surface area (TPSA) is 52.6 Å². The molecule has 0 aromatic rings. The lowest BCUT2D eigenvalue weighted by molar-refractivity contribution is -0.144. The second kappa shape index (κ2) is 21.0. The zero-order valence-corrected chi connectivity index (χ0v) is 17.8. The van der Waals surface area contributed by atoms with Crippen LogP contribution in [0.2, 0.25) is 0 Å². The molecule has 0 rings (SSSR count). The highest BCUT2D eigenvalue weighted by Gasteiger charge is 2.03. The van der Waals surface area contributed by atoms with Crippen LogP contribution in [0.5, 0.6) is 0 Å². The van der Waals surface area contributed by atoms with Gasteiger partial charge in [0.05, 0.1) is 6.61 Å². The Balaban J connectivity index is 3.26. The van der Waals surface area contributed by atoms with E-state index < -0.39 is 0 Å². The molecule has 0 N–H and O–H groups in total. The lowest BCUT2D eigenvalue weighted by Crippen LogP contribution is -2.05. The van der Waals surface area contributed by atoms with E-state index >= 15 is 0 Å². The number of esters is 2. The smallest absolute Gasteiger partial charge is 0.306 e. The average Bonchev–Trinajstić information content (AvgIpc) is 2.66. The van der Waals surface area contributed by atoms with E-state index in [0.29, 0.717) is 26.1 Å². The van der Waals surface area contributed by atoms with Crippen LogP contribution in [-0.2, 0) is 19.1 Å². The Morgan fingerprint density at radius 1 is 0.667 bits per heavy atom. The molecule has 0 atom stereocenters. The fourth-order valence-corrected chi connectivity index (χ4v) is 2.87. The van der Waals surface area contributed by atoms with Crippen molar-refractivity contribution >= 4 is 11.9 Å². The largest absolute Gasteiger partial charge is 0.466 e. The van der Waals surface area contributed by atoms with E-state index in [4.69, 9.17) is 9.47 Å². The number of carbonyl (C=O) groups excluding carboxylic acids is 2. The minimum absolute atomic E-state index is 0.0511. The van der Waals surface area contributed by atoms with Gasteiger partial charge in [-0.05, 0) is 26.2 Å². The molecule has 0 fully saturated rings. The van der Waals surface area contributed by atoms with Gasteiger partial charge in [-0.1, -0.05) is 83.3 Å². The van der Waals surface area contributed by atoms with Crippen molar-refractivity contribution in [2.24, 2.45) is 0 Å². The fraction of sp³-hybridized carbons (Fsp3) is 0.826. The summed E-state index contributed by atoms with van der Waals surface area (Å²) in [5.41, 5.74) is 0. The first-order valence-electron chi connectivity index (χ1n) is 11.1. The van der Waals surface area contributed by atoms with Crippen LogP contribution in [0.15, 0.2) is 12.2 Å². The lowest BCUT2D eigenvalue weighted by Gasteiger charge is -2.05. The van der Waals surface area contributed by atoms with Crippen LogP contribution < -0.4 is 0 Å². The van der Waals surface area contributed by atoms with Crippen LogP contribution >= 0.6 is 0 Å². The van der Waals surface area contributed by atoms with E-state index in [2.05, 4.69) is 6.92 Å². The SMILES string of the molecule is C/C=C/COC(=O)CCCCCCCCC(=O)OCCCCCCCCC. The molecule has 0 saturated heterocycles. The van der Waals surface area contributed by atoms with Gasteiger partial charge in [-0.15, -0.1) is 0 Å². The number of rotatable bonds is 19. The Hall–Kier alpha value is -1.32. The van der Waals surface area contributed by atoms with E-state index in [1.165, 1.54) is 38.5 Å². The number of carbonyl (C=O) groups is 2. The van der Waals surface area contributed by atoms with Crippen molar-refractivity contribution in [1.82, 2.24) is 0 Å². The Labute approximate surface area is 167 Å². The Morgan fingerprint density at radius 3 is 1.70 bits per heavy atom. The first-order valence-corrected chi connectivity index (χ1v) is 11.1. The summed E-state index contributed by atoms with van der Waals surface area (Å²) >= 11 is 0. The molecule has 0 heterocycles. The molecular formula is C23H42O4. The summed E-state index contributed by atoms with van der Waals surface area (Å²) in [4.78, 5) is 23.1. The maximum atomic E-state index is 11.7. The maximum Gasteiger partial charge on any atom is 0.306 e. The van der Waals surface area contributed by atoms with Gasteiger partial charge in [-0.25, -0.2) is 0 Å². The highest BCUT2D eigenvalue weighted by molar-refractivity contribution is 5.69. The van der Waals surface area contributed by atoms with Gasteiger partial charge >= 0.3 is 11.9 Å². The zero-order chi connectivity index (χ0) is 20.0. The van der Waals surface area contributed by atoms with E-state index in [1.807, 2.05) is 19.1 Å². The molecular weight excluding hydrogens is 340 g/mol. The molecule has 0 bridgehead atoms. The average molecular weight is 383 g/mol. The second-order valence-corrected chi connectivity index (χ2v) is 7.22. The first-order chi connectivity index (χ1) is 13.2. The predicted molar refractivity (Wildman–Crippen MR) is 112 cm³/mol. The van der Waals surface area contributed by atoms with Gasteiger partial charge in [-0.3, -0.25) is 9.59 Å². The molecule has 0 aromatic carbocycles. The minimum Gasteiger partial charge on any atom is -0.466 e. The van der Waals surface area contributed by atoms with Gasteiger partial charge in [0.1, 0.15) is 6.61 Å². The highest BCUT2D eigenvalue weighted by atomic mass is 16.5. The van der Waals surface area contributed by atoms with Crippen molar-refractivity contribution in [2.75, 3.05) is 13.2 Å². The molecule has 0 radical (unpaired) electrons. The van der Waals surface area contributed by atoms with Crippen LogP contribution in [0.25, 0.3) is 0 Å². The van der Waals surface area contributed by atoms with Crippen LogP contribution in [-0.4, -0.2) is 25.2 Å². The van der Waals surface area contributed by atoms with E-state index in [-0.39, 0.29) is 11.9 Å². The summed E-state index contributed by atoms with van der Waals surface area (Å²) in [7, 11) is 0. The third-order valence-electron chi connectivity index (χ3n) is 4.60. The van der Waals surface area contributed by atoms with Gasteiger partial charge in [0, 0.05) is 12.8 Å². The number of allylic oxidation sites excluding steroid dienone is 1. The summed E-state index contributed by atoms with van der Waals surface area (Å²) in [5, 5.41) is 0. The van der Waals surface area contributed by atoms with Gasteiger partial charge in [0.25, 0.3) is 0 Å². The fourth-order valence-electron chi connectivity index (χ4n) is 2.87. The molecule has 27 heavy (non-hydrogen) atoms. The quantitative estimate of drug-likeness (QED) is 0.145. The van der Waals surface area contributed by atoms with Gasteiger partial charge in [0.15, 0.2) is 0 Å². The normalized spacial score (nSPS) is 11.0. The Bertz CT molecular complexity index is 377. The summed E-state index contributed by atoms with van der Waals surface area (Å²) in [6.07, 6.45) is 19.5. The number of hydrogen-bond donors (Lipinski definition) is 0. The van der Waals surface area contributed by atoms with E-state index in [1.54, 1.807) is 0 Å². The zero-order valence-electron chi connectivity index (χ0n) is 17.8. The molecule has 4 nitrogen and oxygen atoms in total. The number of ether oxygens (including phenoxy) is 2. The molecule has 0 aliphatic carbocycles. The standard InChI is InChI=1S/C23H42O4/c1-3-5-7-8-11-14-17-21-27-23(25)19-16-13-10-9-12-15-18-22(24)26-20-6-4-2/h4,6H,3,5,7-21H2,1-2H3/b6-4+. The van der Waals surface area contributed by atoms with Crippen LogP contribution in [0.3, 0.4) is 0 Å². The molecule has 4 heteroatoms. The van der Waals surface area contributed by atoms with Gasteiger partial charge < -0.3 is 9.47 Å². The predicted octanol–water partition coefficient (Wildman–Crippen LogP) is 6.52. The van der Waals surface area contributed by atoms with E-state index in [0.717, 1.165) is 44.9 Å². The number of unbranched alkanes of at least 4 members (excludes halogenated alkanes) is 11.